The molecule has 0 amide bonds. The summed E-state index contributed by atoms with van der Waals surface area (Å²) in [6, 6.07) is 76.0. The molecule has 0 fully saturated rings. The molecular weight excluding hydrogens is 1900 g/mol. The number of anilines is 10. The third-order valence-electron chi connectivity index (χ3n) is 24.5. The van der Waals surface area contributed by atoms with E-state index in [0.29, 0.717) is 181 Å². The van der Waals surface area contributed by atoms with E-state index in [1.807, 2.05) is 247 Å². The highest BCUT2D eigenvalue weighted by Gasteiger charge is 2.29. The Morgan fingerprint density at radius 1 is 0.331 bits per heavy atom. The fourth-order valence-corrected chi connectivity index (χ4v) is 17.7. The number of fused-ring (bicyclic) bond motifs is 10. The summed E-state index contributed by atoms with van der Waals surface area (Å²) in [5.74, 6) is 10.5. The number of hydrogen-bond donors (Lipinski definition) is 7. The first kappa shape index (κ1) is 95.4. The lowest BCUT2D eigenvalue weighted by Crippen LogP contribution is -2.15. The number of methoxy groups -OCH3 is 2. The second-order valence-electron chi connectivity index (χ2n) is 34.5. The van der Waals surface area contributed by atoms with Gasteiger partial charge >= 0.3 is 0 Å². The van der Waals surface area contributed by atoms with E-state index in [0.717, 1.165) is 119 Å². The highest BCUT2D eigenvalue weighted by molar-refractivity contribution is 5.88. The van der Waals surface area contributed by atoms with Crippen molar-refractivity contribution < 1.29 is 89.4 Å². The number of nitrogens with zero attached hydrogens (tertiary/aromatic N) is 12. The predicted octanol–water partition coefficient (Wildman–Crippen LogP) is 23.1. The number of pyridine rings is 7. The molecule has 8 aromatic carbocycles. The second-order valence-corrected chi connectivity index (χ2v) is 34.5. The zero-order valence-corrected chi connectivity index (χ0v) is 81.0. The van der Waals surface area contributed by atoms with Crippen molar-refractivity contribution >= 4 is 85.8 Å². The lowest BCUT2D eigenvalue weighted by molar-refractivity contribution is 0.171. The van der Waals surface area contributed by atoms with Crippen LogP contribution in [-0.4, -0.2) is 161 Å². The number of aromatic nitrogens is 12. The van der Waals surface area contributed by atoms with Gasteiger partial charge in [-0.15, -0.1) is 0 Å². The minimum atomic E-state index is -0.569. The van der Waals surface area contributed by atoms with Gasteiger partial charge in [0.15, 0.2) is 74.8 Å². The number of nitrogens with one attached hydrogen (secondary N) is 5. The molecule has 36 heteroatoms. The quantitative estimate of drug-likeness (QED) is 0.0275. The number of ether oxygens (including phenoxy) is 13. The molecule has 0 saturated carbocycles. The number of rotatable bonds is 20. The van der Waals surface area contributed by atoms with Crippen molar-refractivity contribution in [3.05, 3.63) is 319 Å². The second kappa shape index (κ2) is 42.0. The predicted molar refractivity (Wildman–Crippen MR) is 554 cm³/mol. The number of benzene rings is 8. The van der Waals surface area contributed by atoms with Gasteiger partial charge in [0.1, 0.15) is 194 Å². The van der Waals surface area contributed by atoms with Crippen molar-refractivity contribution in [2.75, 3.05) is 120 Å². The van der Waals surface area contributed by atoms with E-state index in [2.05, 4.69) is 55.9 Å². The summed E-state index contributed by atoms with van der Waals surface area (Å²) in [5, 5.41) is 37.3. The molecule has 0 bridgehead atoms. The van der Waals surface area contributed by atoms with Crippen LogP contribution in [0.5, 0.6) is 86.2 Å². The Morgan fingerprint density at radius 3 is 1.19 bits per heavy atom. The number of aromatic hydroxyl groups is 2. The zero-order valence-electron chi connectivity index (χ0n) is 81.0. The highest BCUT2D eigenvalue weighted by Crippen LogP contribution is 2.47. The molecular formula is C112H97F4N17O15. The van der Waals surface area contributed by atoms with Crippen LogP contribution in [0, 0.1) is 52.2 Å². The SMILES string of the molecule is COc1cc(-c2nc3cccc(C)n3c2Nc2ccc3c(c2)OCCO3)ccc1OCCF.COc1cc(O)ccc1-c1nc2ccc(C)cn2c1Nc1ccc2c(c1)OCCO2.Cc1ccc2nc(-c3ncccc3F)c(Nc3ccc4c(c3)OCCO4)n2c1.Cc1cccc2nc(-c3c(O)cccc3F)c(Nc3ccc4c(c3)OCCO4)n12.Cc1cccc2nc(-c3cccc(F)n3)c(Nc3ccc4c(c3)OCCO4)n12. The van der Waals surface area contributed by atoms with Gasteiger partial charge in [0, 0.05) is 112 Å². The largest absolute Gasteiger partial charge is 0.508 e. The van der Waals surface area contributed by atoms with Crippen LogP contribution in [-0.2, 0) is 0 Å². The summed E-state index contributed by atoms with van der Waals surface area (Å²) < 4.78 is 138. The summed E-state index contributed by atoms with van der Waals surface area (Å²) in [5.41, 5.74) is 17.9. The molecule has 12 aromatic heterocycles. The van der Waals surface area contributed by atoms with Crippen LogP contribution in [0.1, 0.15) is 28.2 Å². The number of halogens is 4. The zero-order chi connectivity index (χ0) is 102. The number of phenols is 2. The van der Waals surface area contributed by atoms with E-state index in [1.54, 1.807) is 62.9 Å². The molecule has 0 atom stereocenters. The number of phenolic OH excluding ortho intramolecular Hbond substituents is 2. The minimum absolute atomic E-state index is 0.0276. The first-order valence-corrected chi connectivity index (χ1v) is 47.5. The molecule has 17 heterocycles. The first-order valence-electron chi connectivity index (χ1n) is 47.5. The molecule has 32 nitrogen and oxygen atoms in total. The smallest absolute Gasteiger partial charge is 0.213 e. The van der Waals surface area contributed by atoms with E-state index in [-0.39, 0.29) is 29.4 Å². The van der Waals surface area contributed by atoms with Gasteiger partial charge in [-0.25, -0.2) is 43.1 Å². The summed E-state index contributed by atoms with van der Waals surface area (Å²) in [7, 11) is 3.13. The first-order chi connectivity index (χ1) is 72.3. The van der Waals surface area contributed by atoms with Crippen molar-refractivity contribution in [3.8, 4) is 143 Å². The monoisotopic (exact) mass is 2000 g/mol. The van der Waals surface area contributed by atoms with Crippen LogP contribution in [0.25, 0.3) is 84.8 Å². The fraction of sp³-hybridized carbons (Fsp3) is 0.170. The van der Waals surface area contributed by atoms with Gasteiger partial charge in [-0.1, -0.05) is 42.5 Å². The average molecular weight is 2000 g/mol. The molecule has 748 valence electrons. The third kappa shape index (κ3) is 20.0. The van der Waals surface area contributed by atoms with Crippen LogP contribution in [0.3, 0.4) is 0 Å². The van der Waals surface area contributed by atoms with E-state index >= 15 is 0 Å². The lowest BCUT2D eigenvalue weighted by atomic mass is 10.1. The van der Waals surface area contributed by atoms with Gasteiger partial charge in [-0.3, -0.25) is 27.0 Å². The molecule has 20 aromatic rings. The van der Waals surface area contributed by atoms with Crippen molar-refractivity contribution in [2.24, 2.45) is 0 Å². The summed E-state index contributed by atoms with van der Waals surface area (Å²) in [4.78, 5) is 31.8. The van der Waals surface area contributed by atoms with Crippen LogP contribution in [0.15, 0.2) is 273 Å². The topological polar surface area (TPSA) is 333 Å². The van der Waals surface area contributed by atoms with Crippen molar-refractivity contribution in [1.82, 2.24) is 56.9 Å². The molecule has 0 aliphatic carbocycles. The fourth-order valence-electron chi connectivity index (χ4n) is 17.7. The Bertz CT molecular complexity index is 8380. The lowest BCUT2D eigenvalue weighted by Gasteiger charge is -2.19. The average Bonchev–Trinajstić information content (AvgIpc) is 1.61. The summed E-state index contributed by atoms with van der Waals surface area (Å²) in [6.45, 7) is 14.7. The maximum absolute atomic E-state index is 14.6. The van der Waals surface area contributed by atoms with E-state index in [1.165, 1.54) is 30.3 Å². The summed E-state index contributed by atoms with van der Waals surface area (Å²) >= 11 is 0. The van der Waals surface area contributed by atoms with Gasteiger partial charge in [0.05, 0.1) is 25.5 Å². The molecule has 5 aliphatic rings. The molecule has 25 rings (SSSR count). The van der Waals surface area contributed by atoms with Gasteiger partial charge in [0.2, 0.25) is 5.95 Å². The van der Waals surface area contributed by atoms with Gasteiger partial charge in [0.25, 0.3) is 0 Å². The molecule has 0 saturated heterocycles. The Kier molecular flexibility index (Phi) is 27.1. The molecule has 7 N–H and O–H groups in total. The molecule has 0 radical (unpaired) electrons. The van der Waals surface area contributed by atoms with Crippen molar-refractivity contribution in [3.63, 3.8) is 0 Å². The van der Waals surface area contributed by atoms with Gasteiger partial charge in [-0.2, -0.15) is 4.39 Å². The highest BCUT2D eigenvalue weighted by atomic mass is 19.1. The van der Waals surface area contributed by atoms with Crippen LogP contribution in [0.4, 0.5) is 75.1 Å². The Balaban J connectivity index is 0.000000108. The molecule has 0 spiro atoms. The number of hydrogen-bond acceptors (Lipinski definition) is 27. The van der Waals surface area contributed by atoms with Crippen LogP contribution in [0.2, 0.25) is 0 Å². The van der Waals surface area contributed by atoms with Crippen LogP contribution < -0.4 is 88.2 Å². The normalized spacial score (nSPS) is 12.8. The van der Waals surface area contributed by atoms with Gasteiger partial charge in [-0.05, 0) is 222 Å². The Labute approximate surface area is 844 Å². The number of aryl methyl sites for hydroxylation is 5. The molecule has 148 heavy (non-hydrogen) atoms. The number of alkyl halides is 1. The Hall–Kier alpha value is -18.8. The van der Waals surface area contributed by atoms with E-state index in [4.69, 9.17) is 71.5 Å². The standard InChI is InChI=1S/C25H24FN3O4.C23H21N3O4.C22H18FN3O3.2C21H17FN4O2/c1-16-4-3-5-23-28-24(17-6-8-19(31-11-10-26)21(14-17)30-2)25(29(16)23)27-18-7-9-20-22(15-18)33-13-12-32-20;1-14-3-8-21-25-22(17-6-5-16(27)12-19(17)28-2)23(26(21)13-14)24-15-4-7-18-20(11-15)30-10-9-29-18;1-13-4-2-7-19-25-21(20-15(23)5-3-6-16(20)27)22(26(13)19)24-14-8-9-17-18(12-14)29-11-10-28-17;1-13-4-2-7-19-25-20(15-5-3-6-18(22)24-15)21(26(13)19)23-14-8-9-16-17(12-14)28-11-10-27-16;1-13-4-7-18-25-20(19-15(22)3-2-8-23-19)21(26(18)12-13)24-14-5-6-16-17(11-14)28-10-9-27-16/h3-9,14-15,27H,10-13H2,1-2H3;3-8,11-13,24,27H,9-10H2,1-2H3;2-9,12,24,27H,10-11H2,1H3;2-9,12,23H,10-11H2,1H3;2-8,11-12,24H,9-10H2,1H3. The third-order valence-corrected chi connectivity index (χ3v) is 24.5. The van der Waals surface area contributed by atoms with E-state index < -0.39 is 24.3 Å². The van der Waals surface area contributed by atoms with Gasteiger partial charge < -0.3 is 98.4 Å². The minimum Gasteiger partial charge on any atom is -0.508 e. The summed E-state index contributed by atoms with van der Waals surface area (Å²) in [6.07, 6.45) is 5.54. The Morgan fingerprint density at radius 2 is 0.736 bits per heavy atom. The maximum atomic E-state index is 14.6. The molecule has 5 aliphatic heterocycles. The van der Waals surface area contributed by atoms with E-state index in [9.17, 15) is 27.8 Å². The maximum Gasteiger partial charge on any atom is 0.213 e. The van der Waals surface area contributed by atoms with Crippen LogP contribution >= 0.6 is 0 Å². The molecule has 0 unspecified atom stereocenters. The van der Waals surface area contributed by atoms with Crippen molar-refractivity contribution in [1.29, 1.82) is 0 Å². The number of imidazole rings is 5. The van der Waals surface area contributed by atoms with Crippen molar-refractivity contribution in [2.45, 2.75) is 34.6 Å².